The van der Waals surface area contributed by atoms with Crippen LogP contribution in [0.4, 0.5) is 5.69 Å². The minimum atomic E-state index is 0.0589. The summed E-state index contributed by atoms with van der Waals surface area (Å²) in [6, 6.07) is 8.30. The van der Waals surface area contributed by atoms with Crippen LogP contribution in [0.25, 0.3) is 6.08 Å². The Balaban J connectivity index is 1.53. The molecule has 2 heterocycles. The zero-order valence-electron chi connectivity index (χ0n) is 14.1. The second-order valence-corrected chi connectivity index (χ2v) is 6.48. The van der Waals surface area contributed by atoms with Gasteiger partial charge in [-0.1, -0.05) is 12.1 Å². The van der Waals surface area contributed by atoms with E-state index >= 15 is 0 Å². The first kappa shape index (κ1) is 17.0. The largest absolute Gasteiger partial charge is 0.396 e. The van der Waals surface area contributed by atoms with Crippen molar-refractivity contribution in [3.05, 3.63) is 35.9 Å². The third-order valence-electron chi connectivity index (χ3n) is 4.87. The highest BCUT2D eigenvalue weighted by molar-refractivity contribution is 5.91. The molecule has 1 aromatic rings. The molecule has 2 aliphatic rings. The zero-order valence-corrected chi connectivity index (χ0v) is 14.1. The van der Waals surface area contributed by atoms with Crippen molar-refractivity contribution in [2.24, 2.45) is 5.92 Å². The summed E-state index contributed by atoms with van der Waals surface area (Å²) in [6.07, 6.45) is 5.32. The normalized spacial score (nSPS) is 19.9. The Hall–Kier alpha value is -1.85. The Morgan fingerprint density at radius 2 is 1.79 bits per heavy atom. The molecule has 5 nitrogen and oxygen atoms in total. The number of aliphatic hydroxyl groups is 1. The smallest absolute Gasteiger partial charge is 0.246 e. The van der Waals surface area contributed by atoms with Crippen LogP contribution in [-0.4, -0.2) is 61.9 Å². The van der Waals surface area contributed by atoms with E-state index in [1.165, 1.54) is 5.69 Å². The molecule has 3 rings (SSSR count). The van der Waals surface area contributed by atoms with E-state index in [1.807, 2.05) is 23.1 Å². The van der Waals surface area contributed by atoms with Gasteiger partial charge in [-0.15, -0.1) is 0 Å². The molecule has 2 saturated heterocycles. The number of morpholine rings is 1. The molecule has 2 aliphatic heterocycles. The van der Waals surface area contributed by atoms with Gasteiger partial charge in [-0.3, -0.25) is 4.79 Å². The number of carbonyl (C=O) groups is 1. The van der Waals surface area contributed by atoms with Gasteiger partial charge in [-0.2, -0.15) is 0 Å². The minimum absolute atomic E-state index is 0.0589. The fraction of sp³-hybridized carbons (Fsp3) is 0.526. The summed E-state index contributed by atoms with van der Waals surface area (Å²) in [6.45, 7) is 5.13. The summed E-state index contributed by atoms with van der Waals surface area (Å²) in [5.41, 5.74) is 2.23. The monoisotopic (exact) mass is 330 g/mol. The van der Waals surface area contributed by atoms with Crippen molar-refractivity contribution in [1.29, 1.82) is 0 Å². The number of amides is 1. The summed E-state index contributed by atoms with van der Waals surface area (Å²) < 4.78 is 5.37. The Morgan fingerprint density at radius 3 is 2.42 bits per heavy atom. The van der Waals surface area contributed by atoms with Gasteiger partial charge in [0.2, 0.25) is 5.91 Å². The predicted octanol–water partition coefficient (Wildman–Crippen LogP) is 1.77. The van der Waals surface area contributed by atoms with E-state index < -0.39 is 0 Å². The molecule has 1 N–H and O–H groups in total. The number of benzene rings is 1. The second-order valence-electron chi connectivity index (χ2n) is 6.48. The van der Waals surface area contributed by atoms with Crippen LogP contribution in [0.3, 0.4) is 0 Å². The molecule has 130 valence electrons. The van der Waals surface area contributed by atoms with Gasteiger partial charge in [-0.25, -0.2) is 0 Å². The van der Waals surface area contributed by atoms with E-state index in [0.717, 1.165) is 57.8 Å². The topological polar surface area (TPSA) is 53.0 Å². The lowest BCUT2D eigenvalue weighted by Gasteiger charge is -2.30. The van der Waals surface area contributed by atoms with Gasteiger partial charge in [0.1, 0.15) is 0 Å². The number of rotatable bonds is 4. The van der Waals surface area contributed by atoms with Gasteiger partial charge in [0.25, 0.3) is 0 Å². The summed E-state index contributed by atoms with van der Waals surface area (Å²) >= 11 is 0. The van der Waals surface area contributed by atoms with Gasteiger partial charge in [0, 0.05) is 44.5 Å². The lowest BCUT2D eigenvalue weighted by molar-refractivity contribution is -0.127. The maximum Gasteiger partial charge on any atom is 0.246 e. The number of likely N-dealkylation sites (tertiary alicyclic amines) is 1. The number of ether oxygens (including phenoxy) is 1. The molecule has 0 radical (unpaired) electrons. The molecule has 0 aromatic heterocycles. The van der Waals surface area contributed by atoms with E-state index in [-0.39, 0.29) is 12.5 Å². The van der Waals surface area contributed by atoms with Crippen molar-refractivity contribution in [3.63, 3.8) is 0 Å². The SMILES string of the molecule is O=C(/C=C/c1ccc(N2CCOCC2)cc1)N1CCC(CO)CC1. The van der Waals surface area contributed by atoms with Crippen LogP contribution in [0.2, 0.25) is 0 Å². The molecule has 0 bridgehead atoms. The van der Waals surface area contributed by atoms with Crippen molar-refractivity contribution in [3.8, 4) is 0 Å². The highest BCUT2D eigenvalue weighted by Gasteiger charge is 2.20. The first-order valence-corrected chi connectivity index (χ1v) is 8.77. The number of hydrogen-bond donors (Lipinski definition) is 1. The van der Waals surface area contributed by atoms with E-state index in [4.69, 9.17) is 9.84 Å². The van der Waals surface area contributed by atoms with Crippen molar-refractivity contribution in [1.82, 2.24) is 4.90 Å². The maximum absolute atomic E-state index is 12.2. The molecular weight excluding hydrogens is 304 g/mol. The summed E-state index contributed by atoms with van der Waals surface area (Å²) in [7, 11) is 0. The summed E-state index contributed by atoms with van der Waals surface area (Å²) in [5.74, 6) is 0.411. The van der Waals surface area contributed by atoms with Crippen LogP contribution in [0.15, 0.2) is 30.3 Å². The van der Waals surface area contributed by atoms with Crippen LogP contribution >= 0.6 is 0 Å². The lowest BCUT2D eigenvalue weighted by atomic mass is 9.98. The second kappa shape index (κ2) is 8.31. The fourth-order valence-corrected chi connectivity index (χ4v) is 3.23. The number of nitrogens with zero attached hydrogens (tertiary/aromatic N) is 2. The number of carbonyl (C=O) groups excluding carboxylic acids is 1. The van der Waals surface area contributed by atoms with Crippen LogP contribution in [0.5, 0.6) is 0 Å². The highest BCUT2D eigenvalue weighted by atomic mass is 16.5. The fourth-order valence-electron chi connectivity index (χ4n) is 3.23. The summed E-state index contributed by atoms with van der Waals surface area (Å²) in [4.78, 5) is 16.4. The van der Waals surface area contributed by atoms with Gasteiger partial charge in [0.15, 0.2) is 0 Å². The first-order valence-electron chi connectivity index (χ1n) is 8.77. The molecule has 0 atom stereocenters. The number of hydrogen-bond acceptors (Lipinski definition) is 4. The number of piperidine rings is 1. The Labute approximate surface area is 143 Å². The minimum Gasteiger partial charge on any atom is -0.396 e. The molecule has 5 heteroatoms. The quantitative estimate of drug-likeness (QED) is 0.855. The molecule has 24 heavy (non-hydrogen) atoms. The van der Waals surface area contributed by atoms with E-state index in [9.17, 15) is 4.79 Å². The van der Waals surface area contributed by atoms with E-state index in [2.05, 4.69) is 17.0 Å². The van der Waals surface area contributed by atoms with Crippen molar-refractivity contribution in [2.75, 3.05) is 50.9 Å². The average molecular weight is 330 g/mol. The van der Waals surface area contributed by atoms with Gasteiger partial charge < -0.3 is 19.6 Å². The van der Waals surface area contributed by atoms with E-state index in [1.54, 1.807) is 6.08 Å². The van der Waals surface area contributed by atoms with E-state index in [0.29, 0.717) is 5.92 Å². The predicted molar refractivity (Wildman–Crippen MR) is 94.9 cm³/mol. The molecular formula is C19H26N2O3. The Bertz CT molecular complexity index is 556. The third-order valence-corrected chi connectivity index (χ3v) is 4.87. The van der Waals surface area contributed by atoms with Crippen LogP contribution in [-0.2, 0) is 9.53 Å². The number of aliphatic hydroxyl groups excluding tert-OH is 1. The molecule has 0 spiro atoms. The van der Waals surface area contributed by atoms with Gasteiger partial charge >= 0.3 is 0 Å². The van der Waals surface area contributed by atoms with Gasteiger partial charge in [0.05, 0.1) is 13.2 Å². The molecule has 0 saturated carbocycles. The first-order chi connectivity index (χ1) is 11.8. The van der Waals surface area contributed by atoms with Gasteiger partial charge in [-0.05, 0) is 42.5 Å². The van der Waals surface area contributed by atoms with Crippen LogP contribution in [0, 0.1) is 5.92 Å². The number of anilines is 1. The molecule has 0 aliphatic carbocycles. The van der Waals surface area contributed by atoms with Crippen molar-refractivity contribution < 1.29 is 14.6 Å². The summed E-state index contributed by atoms with van der Waals surface area (Å²) in [5, 5.41) is 9.16. The molecule has 0 unspecified atom stereocenters. The Morgan fingerprint density at radius 1 is 1.12 bits per heavy atom. The molecule has 2 fully saturated rings. The van der Waals surface area contributed by atoms with Crippen molar-refractivity contribution >= 4 is 17.7 Å². The highest BCUT2D eigenvalue weighted by Crippen LogP contribution is 2.19. The van der Waals surface area contributed by atoms with Crippen molar-refractivity contribution in [2.45, 2.75) is 12.8 Å². The lowest BCUT2D eigenvalue weighted by Crippen LogP contribution is -2.38. The van der Waals surface area contributed by atoms with Crippen LogP contribution in [0.1, 0.15) is 18.4 Å². The average Bonchev–Trinajstić information content (AvgIpc) is 2.67. The zero-order chi connectivity index (χ0) is 16.8. The third kappa shape index (κ3) is 4.36. The van der Waals surface area contributed by atoms with Crippen LogP contribution < -0.4 is 4.90 Å². The standard InChI is InChI=1S/C19H26N2O3/c22-15-17-7-9-21(10-8-17)19(23)6-3-16-1-4-18(5-2-16)20-11-13-24-14-12-20/h1-6,17,22H,7-15H2/b6-3+. The molecule has 1 aromatic carbocycles. The molecule has 1 amide bonds. The Kier molecular flexibility index (Phi) is 5.88. The maximum atomic E-state index is 12.2.